The maximum Gasteiger partial charge on any atom is 0.243 e. The van der Waals surface area contributed by atoms with Crippen LogP contribution in [-0.4, -0.2) is 54.4 Å². The molecule has 0 aromatic heterocycles. The third-order valence-electron chi connectivity index (χ3n) is 7.77. The van der Waals surface area contributed by atoms with Crippen LogP contribution >= 0.6 is 0 Å². The van der Waals surface area contributed by atoms with Gasteiger partial charge in [0.2, 0.25) is 22.7 Å². The van der Waals surface area contributed by atoms with Crippen LogP contribution in [0.25, 0.3) is 0 Å². The summed E-state index contributed by atoms with van der Waals surface area (Å²) in [5.74, 6) is 1.27. The number of carbonyl (C=O) groups excluding carboxylic acids is 1. The van der Waals surface area contributed by atoms with Gasteiger partial charge in [0.15, 0.2) is 11.5 Å². The Balaban J connectivity index is 1.22. The fourth-order valence-corrected chi connectivity index (χ4v) is 6.67. The molecule has 6 rings (SSSR count). The average molecular weight is 633 g/mol. The lowest BCUT2D eigenvalue weighted by atomic mass is 10.1. The van der Waals surface area contributed by atoms with Gasteiger partial charge in [0.05, 0.1) is 24.9 Å². The highest BCUT2D eigenvalue weighted by Crippen LogP contribution is 2.34. The van der Waals surface area contributed by atoms with E-state index in [4.69, 9.17) is 14.2 Å². The quantitative estimate of drug-likeness (QED) is 0.262. The van der Waals surface area contributed by atoms with Crippen molar-refractivity contribution in [1.82, 2.24) is 4.72 Å². The lowest BCUT2D eigenvalue weighted by Crippen LogP contribution is -2.47. The van der Waals surface area contributed by atoms with Crippen molar-refractivity contribution in [3.05, 3.63) is 102 Å². The number of anilines is 3. The molecule has 2 aliphatic heterocycles. The van der Waals surface area contributed by atoms with Gasteiger partial charge in [0, 0.05) is 38.4 Å². The first kappa shape index (κ1) is 30.2. The van der Waals surface area contributed by atoms with Crippen LogP contribution < -0.4 is 34.0 Å². The van der Waals surface area contributed by atoms with E-state index in [1.807, 2.05) is 9.80 Å². The van der Waals surface area contributed by atoms with Crippen molar-refractivity contribution in [3.8, 4) is 17.2 Å². The first-order chi connectivity index (χ1) is 21.8. The Morgan fingerprint density at radius 1 is 0.844 bits per heavy atom. The van der Waals surface area contributed by atoms with Crippen molar-refractivity contribution in [1.29, 1.82) is 0 Å². The second-order valence-electron chi connectivity index (χ2n) is 10.7. The molecule has 1 amide bonds. The molecule has 10 nitrogen and oxygen atoms in total. The van der Waals surface area contributed by atoms with Crippen molar-refractivity contribution in [2.24, 2.45) is 0 Å². The highest BCUT2D eigenvalue weighted by atomic mass is 32.2. The summed E-state index contributed by atoms with van der Waals surface area (Å²) < 4.78 is 60.8. The molecule has 2 N–H and O–H groups in total. The van der Waals surface area contributed by atoms with Gasteiger partial charge in [-0.1, -0.05) is 30.3 Å². The second kappa shape index (κ2) is 13.0. The van der Waals surface area contributed by atoms with Gasteiger partial charge in [-0.2, -0.15) is 0 Å². The van der Waals surface area contributed by atoms with E-state index in [0.29, 0.717) is 66.1 Å². The number of hydrogen-bond acceptors (Lipinski definition) is 8. The molecule has 0 saturated carbocycles. The number of ether oxygens (including phenoxy) is 3. The smallest absolute Gasteiger partial charge is 0.243 e. The Labute approximate surface area is 261 Å². The largest absolute Gasteiger partial charge is 0.497 e. The molecule has 0 atom stereocenters. The maximum absolute atomic E-state index is 14.4. The van der Waals surface area contributed by atoms with Crippen LogP contribution in [0.5, 0.6) is 17.2 Å². The fraction of sp³-hybridized carbons (Fsp3) is 0.242. The van der Waals surface area contributed by atoms with Gasteiger partial charge >= 0.3 is 0 Å². The molecule has 1 fully saturated rings. The van der Waals surface area contributed by atoms with Gasteiger partial charge in [-0.3, -0.25) is 4.79 Å². The number of fused-ring (bicyclic) bond motifs is 1. The number of halogens is 1. The van der Waals surface area contributed by atoms with E-state index in [-0.39, 0.29) is 36.4 Å². The number of amides is 1. The van der Waals surface area contributed by atoms with E-state index < -0.39 is 10.0 Å². The molecule has 0 unspecified atom stereocenters. The number of para-hydroxylation sites is 1. The van der Waals surface area contributed by atoms with E-state index in [9.17, 15) is 17.6 Å². The number of hydrogen-bond donors (Lipinski definition) is 2. The highest BCUT2D eigenvalue weighted by molar-refractivity contribution is 7.89. The van der Waals surface area contributed by atoms with Crippen LogP contribution in [0.15, 0.2) is 89.8 Å². The van der Waals surface area contributed by atoms with Crippen molar-refractivity contribution in [2.45, 2.75) is 17.9 Å². The number of nitrogens with one attached hydrogen (secondary N) is 2. The Hall–Kier alpha value is -4.81. The molecule has 0 radical (unpaired) electrons. The number of carbonyl (C=O) groups is 1. The van der Waals surface area contributed by atoms with Gasteiger partial charge in [0.1, 0.15) is 16.5 Å². The highest BCUT2D eigenvalue weighted by Gasteiger charge is 2.27. The summed E-state index contributed by atoms with van der Waals surface area (Å²) in [4.78, 5) is 16.9. The number of nitrogens with zero attached hydrogens (tertiary/aromatic N) is 2. The van der Waals surface area contributed by atoms with Crippen molar-refractivity contribution in [2.75, 3.05) is 55.2 Å². The topological polar surface area (TPSA) is 109 Å². The first-order valence-corrected chi connectivity index (χ1v) is 16.0. The zero-order chi connectivity index (χ0) is 31.4. The van der Waals surface area contributed by atoms with E-state index in [1.165, 1.54) is 12.1 Å². The number of rotatable bonds is 10. The number of methoxy groups -OCH3 is 1. The minimum atomic E-state index is -4.05. The summed E-state index contributed by atoms with van der Waals surface area (Å²) in [6, 6.07) is 23.9. The monoisotopic (exact) mass is 632 g/mol. The number of benzene rings is 4. The van der Waals surface area contributed by atoms with Gasteiger partial charge in [-0.05, 0) is 65.7 Å². The number of sulfonamides is 1. The van der Waals surface area contributed by atoms with E-state index >= 15 is 0 Å². The molecule has 1 saturated heterocycles. The molecule has 2 aliphatic rings. The van der Waals surface area contributed by atoms with Crippen LogP contribution in [-0.2, 0) is 27.8 Å². The SMILES string of the molecule is COc1ccc(CC(=O)Nc2ccc(N3CCN(c4ccccc4F)CC3)c(S(=O)(=O)NCc3ccc4c(c3)OCO4)c2)cc1. The molecule has 234 valence electrons. The van der Waals surface area contributed by atoms with E-state index in [0.717, 1.165) is 5.56 Å². The third-order valence-corrected chi connectivity index (χ3v) is 9.20. The van der Waals surface area contributed by atoms with Gasteiger partial charge in [-0.25, -0.2) is 17.5 Å². The average Bonchev–Trinajstić information content (AvgIpc) is 3.53. The zero-order valence-corrected chi connectivity index (χ0v) is 25.5. The normalized spacial score (nSPS) is 14.4. The Bertz CT molecular complexity index is 1790. The standard InChI is InChI=1S/C33H33FN4O6S/c1-42-26-10-6-23(7-11-26)19-33(39)36-25-9-12-29(38-16-14-37(15-17-38)28-5-3-2-4-27(28)34)32(20-25)45(40,41)35-21-24-8-13-30-31(18-24)44-22-43-30/h2-13,18,20,35H,14-17,19,21-22H2,1H3,(H,36,39). The lowest BCUT2D eigenvalue weighted by molar-refractivity contribution is -0.115. The molecule has 4 aromatic carbocycles. The lowest BCUT2D eigenvalue weighted by Gasteiger charge is -2.38. The molecule has 12 heteroatoms. The summed E-state index contributed by atoms with van der Waals surface area (Å²) in [5.41, 5.74) is 2.85. The molecular weight excluding hydrogens is 599 g/mol. The minimum absolute atomic E-state index is 0.0214. The van der Waals surface area contributed by atoms with Crippen molar-refractivity contribution < 1.29 is 31.8 Å². The van der Waals surface area contributed by atoms with Gasteiger partial charge < -0.3 is 29.3 Å². The van der Waals surface area contributed by atoms with Crippen LogP contribution in [0.3, 0.4) is 0 Å². The van der Waals surface area contributed by atoms with Crippen LogP contribution in [0.4, 0.5) is 21.5 Å². The maximum atomic E-state index is 14.4. The Kier molecular flexibility index (Phi) is 8.76. The first-order valence-electron chi connectivity index (χ1n) is 14.5. The zero-order valence-electron chi connectivity index (χ0n) is 24.7. The van der Waals surface area contributed by atoms with Crippen LogP contribution in [0.2, 0.25) is 0 Å². The van der Waals surface area contributed by atoms with Crippen LogP contribution in [0, 0.1) is 5.82 Å². The summed E-state index contributed by atoms with van der Waals surface area (Å²) in [6.07, 6.45) is 0.105. The molecule has 0 bridgehead atoms. The van der Waals surface area contributed by atoms with Gasteiger partial charge in [0.25, 0.3) is 0 Å². The summed E-state index contributed by atoms with van der Waals surface area (Å²) in [5, 5.41) is 2.84. The molecule has 0 aliphatic carbocycles. The third kappa shape index (κ3) is 6.97. The Morgan fingerprint density at radius 3 is 2.27 bits per heavy atom. The van der Waals surface area contributed by atoms with Gasteiger partial charge in [-0.15, -0.1) is 0 Å². The predicted molar refractivity (Wildman–Crippen MR) is 169 cm³/mol. The van der Waals surface area contributed by atoms with E-state index in [2.05, 4.69) is 10.0 Å². The van der Waals surface area contributed by atoms with Crippen LogP contribution in [0.1, 0.15) is 11.1 Å². The predicted octanol–water partition coefficient (Wildman–Crippen LogP) is 4.55. The molecule has 4 aromatic rings. The fourth-order valence-electron chi connectivity index (χ4n) is 5.41. The molecule has 45 heavy (non-hydrogen) atoms. The number of piperazine rings is 1. The molecule has 0 spiro atoms. The summed E-state index contributed by atoms with van der Waals surface area (Å²) >= 11 is 0. The second-order valence-corrected chi connectivity index (χ2v) is 12.4. The summed E-state index contributed by atoms with van der Waals surface area (Å²) in [7, 11) is -2.48. The van der Waals surface area contributed by atoms with Crippen molar-refractivity contribution in [3.63, 3.8) is 0 Å². The Morgan fingerprint density at radius 2 is 1.53 bits per heavy atom. The van der Waals surface area contributed by atoms with Crippen molar-refractivity contribution >= 4 is 33.0 Å². The van der Waals surface area contributed by atoms with E-state index in [1.54, 1.807) is 79.9 Å². The minimum Gasteiger partial charge on any atom is -0.497 e. The molecule has 2 heterocycles. The molecular formula is C33H33FN4O6S. The summed E-state index contributed by atoms with van der Waals surface area (Å²) in [6.45, 7) is 2.10.